The summed E-state index contributed by atoms with van der Waals surface area (Å²) in [4.78, 5) is 2.00. The summed E-state index contributed by atoms with van der Waals surface area (Å²) in [7, 11) is -3.18. The van der Waals surface area contributed by atoms with E-state index < -0.39 is 21.7 Å². The number of rotatable bonds is 3. The van der Waals surface area contributed by atoms with E-state index in [2.05, 4.69) is 0 Å². The summed E-state index contributed by atoms with van der Waals surface area (Å²) in [6.45, 7) is 2.26. The Balaban J connectivity index is 1.70. The highest BCUT2D eigenvalue weighted by atomic mass is 32.2. The van der Waals surface area contributed by atoms with Gasteiger partial charge in [0, 0.05) is 31.2 Å². The third-order valence-corrected chi connectivity index (χ3v) is 5.71. The van der Waals surface area contributed by atoms with Crippen molar-refractivity contribution in [2.75, 3.05) is 25.9 Å². The van der Waals surface area contributed by atoms with Crippen LogP contribution in [0.5, 0.6) is 0 Å². The molecule has 2 atom stereocenters. The van der Waals surface area contributed by atoms with Crippen LogP contribution in [0, 0.1) is 17.6 Å². The first-order valence-corrected chi connectivity index (χ1v) is 8.83. The van der Waals surface area contributed by atoms with Crippen LogP contribution in [-0.2, 0) is 16.6 Å². The van der Waals surface area contributed by atoms with Crippen LogP contribution in [0.3, 0.4) is 0 Å². The van der Waals surface area contributed by atoms with Crippen LogP contribution in [0.4, 0.5) is 8.78 Å². The van der Waals surface area contributed by atoms with E-state index in [0.717, 1.165) is 19.0 Å². The van der Waals surface area contributed by atoms with Crippen LogP contribution >= 0.6 is 0 Å². The van der Waals surface area contributed by atoms with Crippen molar-refractivity contribution in [3.8, 4) is 0 Å². The van der Waals surface area contributed by atoms with Crippen molar-refractivity contribution in [3.05, 3.63) is 35.4 Å². The molecular weight excluding hydrogens is 298 g/mol. The quantitative estimate of drug-likeness (QED) is 0.847. The molecule has 21 heavy (non-hydrogen) atoms. The van der Waals surface area contributed by atoms with E-state index in [4.69, 9.17) is 0 Å². The lowest BCUT2D eigenvalue weighted by atomic mass is 9.84. The summed E-state index contributed by atoms with van der Waals surface area (Å²) in [6.07, 6.45) is 2.11. The van der Waals surface area contributed by atoms with Crippen molar-refractivity contribution in [2.24, 2.45) is 5.92 Å². The van der Waals surface area contributed by atoms with Gasteiger partial charge in [-0.1, -0.05) is 12.1 Å². The van der Waals surface area contributed by atoms with E-state index in [1.54, 1.807) is 6.07 Å². The zero-order chi connectivity index (χ0) is 15.2. The number of hydrogen-bond donors (Lipinski definition) is 0. The average Bonchev–Trinajstić information content (AvgIpc) is 2.36. The van der Waals surface area contributed by atoms with Gasteiger partial charge in [0.25, 0.3) is 0 Å². The molecular formula is C14H18F2N2O2S. The lowest BCUT2D eigenvalue weighted by molar-refractivity contribution is 0.0106. The minimum absolute atomic E-state index is 0.0228. The second-order valence-electron chi connectivity index (χ2n) is 5.90. The van der Waals surface area contributed by atoms with E-state index in [9.17, 15) is 17.2 Å². The molecule has 0 unspecified atom stereocenters. The predicted molar refractivity (Wildman–Crippen MR) is 75.1 cm³/mol. The van der Waals surface area contributed by atoms with Crippen LogP contribution in [0.15, 0.2) is 18.2 Å². The van der Waals surface area contributed by atoms with Crippen LogP contribution in [0.25, 0.3) is 0 Å². The maximum atomic E-state index is 13.7. The molecule has 116 valence electrons. The van der Waals surface area contributed by atoms with Gasteiger partial charge in [-0.3, -0.25) is 4.90 Å². The summed E-state index contributed by atoms with van der Waals surface area (Å²) >= 11 is 0. The Kier molecular flexibility index (Phi) is 3.75. The molecule has 0 bridgehead atoms. The molecule has 0 aliphatic carbocycles. The predicted octanol–water partition coefficient (Wildman–Crippen LogP) is 1.43. The molecule has 0 spiro atoms. The first-order chi connectivity index (χ1) is 9.86. The van der Waals surface area contributed by atoms with Gasteiger partial charge < -0.3 is 0 Å². The van der Waals surface area contributed by atoms with E-state index in [0.29, 0.717) is 31.1 Å². The Morgan fingerprint density at radius 2 is 2.05 bits per heavy atom. The first kappa shape index (κ1) is 14.9. The summed E-state index contributed by atoms with van der Waals surface area (Å²) in [6, 6.07) is 4.14. The summed E-state index contributed by atoms with van der Waals surface area (Å²) in [5.74, 6) is -1.26. The average molecular weight is 316 g/mol. The number of nitrogens with zero attached hydrogens (tertiary/aromatic N) is 2. The van der Waals surface area contributed by atoms with Crippen LogP contribution < -0.4 is 0 Å². The molecule has 1 aromatic carbocycles. The van der Waals surface area contributed by atoms with Gasteiger partial charge in [-0.2, -0.15) is 4.31 Å². The van der Waals surface area contributed by atoms with Crippen LogP contribution in [-0.4, -0.2) is 49.6 Å². The Morgan fingerprint density at radius 1 is 1.29 bits per heavy atom. The van der Waals surface area contributed by atoms with E-state index in [-0.39, 0.29) is 6.04 Å². The molecule has 0 radical (unpaired) electrons. The van der Waals surface area contributed by atoms with Crippen molar-refractivity contribution in [1.29, 1.82) is 0 Å². The Morgan fingerprint density at radius 3 is 2.76 bits per heavy atom. The fraction of sp³-hybridized carbons (Fsp3) is 0.571. The molecule has 0 amide bonds. The third-order valence-electron chi connectivity index (χ3n) is 4.44. The minimum Gasteiger partial charge on any atom is -0.297 e. The van der Waals surface area contributed by atoms with Crippen LogP contribution in [0.2, 0.25) is 0 Å². The normalized spacial score (nSPS) is 27.2. The fourth-order valence-corrected chi connectivity index (χ4v) is 4.44. The molecule has 2 heterocycles. The summed E-state index contributed by atoms with van der Waals surface area (Å²) < 4.78 is 51.7. The van der Waals surface area contributed by atoms with Gasteiger partial charge in [0.15, 0.2) is 11.6 Å². The summed E-state index contributed by atoms with van der Waals surface area (Å²) in [5.41, 5.74) is 0.318. The molecule has 7 heteroatoms. The Hall–Kier alpha value is -1.05. The number of halogens is 2. The minimum atomic E-state index is -3.18. The SMILES string of the molecule is CS(=O)(=O)N1C[C@H]2CCN(Cc3cccc(F)c3F)C[C@H]21. The van der Waals surface area contributed by atoms with Gasteiger partial charge in [0.2, 0.25) is 10.0 Å². The topological polar surface area (TPSA) is 40.6 Å². The van der Waals surface area contributed by atoms with Crippen LogP contribution in [0.1, 0.15) is 12.0 Å². The molecule has 4 nitrogen and oxygen atoms in total. The number of benzene rings is 1. The number of piperidine rings is 1. The maximum absolute atomic E-state index is 13.7. The lowest BCUT2D eigenvalue weighted by Gasteiger charge is -2.52. The Labute approximate surface area is 123 Å². The molecule has 2 aliphatic rings. The summed E-state index contributed by atoms with van der Waals surface area (Å²) in [5, 5.41) is 0. The third kappa shape index (κ3) is 2.82. The number of fused-ring (bicyclic) bond motifs is 1. The van der Waals surface area contributed by atoms with Gasteiger partial charge in [0.1, 0.15) is 0 Å². The zero-order valence-corrected chi connectivity index (χ0v) is 12.6. The molecule has 0 saturated carbocycles. The highest BCUT2D eigenvalue weighted by Crippen LogP contribution is 2.34. The van der Waals surface area contributed by atoms with Crippen molar-refractivity contribution in [2.45, 2.75) is 19.0 Å². The van der Waals surface area contributed by atoms with Gasteiger partial charge in [0.05, 0.1) is 6.26 Å². The molecule has 0 N–H and O–H groups in total. The molecule has 0 aromatic heterocycles. The van der Waals surface area contributed by atoms with Gasteiger partial charge >= 0.3 is 0 Å². The van der Waals surface area contributed by atoms with Gasteiger partial charge in [-0.25, -0.2) is 17.2 Å². The zero-order valence-electron chi connectivity index (χ0n) is 11.8. The second-order valence-corrected chi connectivity index (χ2v) is 7.83. The monoisotopic (exact) mass is 316 g/mol. The highest BCUT2D eigenvalue weighted by Gasteiger charge is 2.46. The number of sulfonamides is 1. The first-order valence-electron chi connectivity index (χ1n) is 6.98. The number of hydrogen-bond acceptors (Lipinski definition) is 3. The van der Waals surface area contributed by atoms with Crippen molar-refractivity contribution >= 4 is 10.0 Å². The number of likely N-dealkylation sites (tertiary alicyclic amines) is 1. The Bertz CT molecular complexity index is 650. The molecule has 1 aromatic rings. The van der Waals surface area contributed by atoms with Gasteiger partial charge in [-0.15, -0.1) is 0 Å². The smallest absolute Gasteiger partial charge is 0.211 e. The van der Waals surface area contributed by atoms with E-state index in [1.807, 2.05) is 4.90 Å². The standard InChI is InChI=1S/C14H18F2N2O2S/c1-21(19,20)18-8-10-5-6-17(9-13(10)18)7-11-3-2-4-12(15)14(11)16/h2-4,10,13H,5-9H2,1H3/t10-,13-/m1/s1. The van der Waals surface area contributed by atoms with Crippen molar-refractivity contribution < 1.29 is 17.2 Å². The molecule has 2 saturated heterocycles. The van der Waals surface area contributed by atoms with Crippen molar-refractivity contribution in [3.63, 3.8) is 0 Å². The molecule has 2 aliphatic heterocycles. The van der Waals surface area contributed by atoms with Crippen molar-refractivity contribution in [1.82, 2.24) is 9.21 Å². The van der Waals surface area contributed by atoms with E-state index >= 15 is 0 Å². The highest BCUT2D eigenvalue weighted by molar-refractivity contribution is 7.88. The second kappa shape index (κ2) is 5.30. The maximum Gasteiger partial charge on any atom is 0.211 e. The molecule has 3 rings (SSSR count). The lowest BCUT2D eigenvalue weighted by Crippen LogP contribution is -2.65. The largest absolute Gasteiger partial charge is 0.297 e. The van der Waals surface area contributed by atoms with E-state index in [1.165, 1.54) is 16.6 Å². The van der Waals surface area contributed by atoms with Gasteiger partial charge in [-0.05, 0) is 24.9 Å². The fourth-order valence-electron chi connectivity index (χ4n) is 3.25. The molecule has 2 fully saturated rings.